The Kier molecular flexibility index (Phi) is 5.36. The van der Waals surface area contributed by atoms with E-state index >= 15 is 0 Å². The molecular formula is C21H16F3N5O4. The number of hydrogen-bond acceptors (Lipinski definition) is 6. The molecule has 2 heterocycles. The molecule has 0 spiro atoms. The van der Waals surface area contributed by atoms with Crippen LogP contribution in [-0.2, 0) is 16.5 Å². The normalized spacial score (nSPS) is 18.1. The quantitative estimate of drug-likeness (QED) is 0.504. The number of urea groups is 1. The third-order valence-corrected chi connectivity index (χ3v) is 5.21. The van der Waals surface area contributed by atoms with Crippen LogP contribution in [0.3, 0.4) is 0 Å². The van der Waals surface area contributed by atoms with E-state index in [9.17, 15) is 27.6 Å². The molecule has 4 rings (SSSR count). The van der Waals surface area contributed by atoms with Crippen LogP contribution in [0.4, 0.5) is 18.0 Å². The number of aromatic nitrogens is 2. The average Bonchev–Trinajstić information content (AvgIpc) is 3.34. The van der Waals surface area contributed by atoms with E-state index in [1.807, 2.05) is 0 Å². The van der Waals surface area contributed by atoms with Gasteiger partial charge < -0.3 is 10.6 Å². The van der Waals surface area contributed by atoms with Gasteiger partial charge in [-0.25, -0.2) is 9.42 Å². The topological polar surface area (TPSA) is 126 Å². The Morgan fingerprint density at radius 2 is 1.79 bits per heavy atom. The lowest BCUT2D eigenvalue weighted by Crippen LogP contribution is -2.53. The Labute approximate surface area is 184 Å². The number of alkyl halides is 3. The summed E-state index contributed by atoms with van der Waals surface area (Å²) in [4.78, 5) is 37.4. The summed E-state index contributed by atoms with van der Waals surface area (Å²) in [5.74, 6) is -1.37. The minimum absolute atomic E-state index is 0.0298. The molecule has 2 aromatic carbocycles. The van der Waals surface area contributed by atoms with Crippen LogP contribution in [0, 0.1) is 6.92 Å². The highest BCUT2D eigenvalue weighted by Gasteiger charge is 2.51. The molecule has 3 aromatic rings. The molecule has 0 unspecified atom stereocenters. The van der Waals surface area contributed by atoms with Crippen LogP contribution in [-0.4, -0.2) is 34.7 Å². The summed E-state index contributed by atoms with van der Waals surface area (Å²) in [6.45, 7) is 1.15. The van der Waals surface area contributed by atoms with Gasteiger partial charge in [0, 0.05) is 5.56 Å². The van der Waals surface area contributed by atoms with Gasteiger partial charge in [-0.2, -0.15) is 13.2 Å². The molecule has 0 saturated carbocycles. The van der Waals surface area contributed by atoms with Crippen molar-refractivity contribution in [2.24, 2.45) is 0 Å². The maximum Gasteiger partial charge on any atom is 0.416 e. The zero-order valence-electron chi connectivity index (χ0n) is 17.0. The number of halogens is 3. The molecule has 1 fully saturated rings. The van der Waals surface area contributed by atoms with Gasteiger partial charge in [0.15, 0.2) is 5.54 Å². The zero-order chi connectivity index (χ0) is 23.8. The number of carbonyl (C=O) groups is 3. The third-order valence-electron chi connectivity index (χ3n) is 5.21. The number of benzene rings is 2. The van der Waals surface area contributed by atoms with Crippen molar-refractivity contribution in [1.82, 2.24) is 26.3 Å². The van der Waals surface area contributed by atoms with E-state index in [1.165, 1.54) is 25.1 Å². The standard InChI is InChI=1S/C21H16F3N5O4/c1-11-16(29-33-28-11)20(18(31)26-19(32)27-20)10-25-17(30)15-5-3-2-4-14(15)12-6-8-13(9-7-12)21(22,23)24/h2-9H,10H2,1H3,(H,25,30)(H2,26,27,31,32)/t20-/m1/s1. The molecule has 1 atom stereocenters. The number of carbonyl (C=O) groups excluding carboxylic acids is 3. The fraction of sp³-hybridized carbons (Fsp3) is 0.190. The van der Waals surface area contributed by atoms with Crippen LogP contribution in [0.5, 0.6) is 0 Å². The van der Waals surface area contributed by atoms with Crippen molar-refractivity contribution >= 4 is 17.8 Å². The first-order valence-corrected chi connectivity index (χ1v) is 9.60. The first kappa shape index (κ1) is 22.0. The van der Waals surface area contributed by atoms with Crippen LogP contribution in [0.2, 0.25) is 0 Å². The maximum atomic E-state index is 13.0. The van der Waals surface area contributed by atoms with E-state index in [1.54, 1.807) is 18.2 Å². The predicted octanol–water partition coefficient (Wildman–Crippen LogP) is 2.53. The highest BCUT2D eigenvalue weighted by Crippen LogP contribution is 2.32. The van der Waals surface area contributed by atoms with Gasteiger partial charge in [0.05, 0.1) is 12.1 Å². The molecule has 0 aliphatic carbocycles. The average molecular weight is 459 g/mol. The lowest BCUT2D eigenvalue weighted by molar-refractivity contribution is -0.137. The Bertz CT molecular complexity index is 1240. The number of rotatable bonds is 5. The van der Waals surface area contributed by atoms with Crippen LogP contribution in [0.1, 0.15) is 27.3 Å². The van der Waals surface area contributed by atoms with Crippen LogP contribution >= 0.6 is 0 Å². The van der Waals surface area contributed by atoms with Crippen molar-refractivity contribution in [3.05, 3.63) is 71.0 Å². The number of nitrogens with zero attached hydrogens (tertiary/aromatic N) is 2. The van der Waals surface area contributed by atoms with E-state index in [0.717, 1.165) is 12.1 Å². The fourth-order valence-corrected chi connectivity index (χ4v) is 3.56. The fourth-order valence-electron chi connectivity index (χ4n) is 3.56. The summed E-state index contributed by atoms with van der Waals surface area (Å²) in [5.41, 5.74) is -1.33. The highest BCUT2D eigenvalue weighted by molar-refractivity contribution is 6.08. The molecule has 1 aliphatic rings. The number of imide groups is 1. The van der Waals surface area contributed by atoms with E-state index in [0.29, 0.717) is 11.1 Å². The molecule has 170 valence electrons. The molecule has 3 N–H and O–H groups in total. The SMILES string of the molecule is Cc1nonc1[C@@]1(CNC(=O)c2ccccc2-c2ccc(C(F)(F)F)cc2)NC(=O)NC1=O. The minimum atomic E-state index is -4.48. The predicted molar refractivity (Wildman–Crippen MR) is 107 cm³/mol. The maximum absolute atomic E-state index is 13.0. The summed E-state index contributed by atoms with van der Waals surface area (Å²) in [5, 5.41) is 14.5. The van der Waals surface area contributed by atoms with E-state index in [-0.39, 0.29) is 23.5 Å². The van der Waals surface area contributed by atoms with Crippen LogP contribution in [0.15, 0.2) is 53.2 Å². The Balaban J connectivity index is 1.61. The van der Waals surface area contributed by atoms with Crippen molar-refractivity contribution in [3.63, 3.8) is 0 Å². The van der Waals surface area contributed by atoms with Gasteiger partial charge in [-0.05, 0) is 36.2 Å². The number of aryl methyl sites for hydroxylation is 1. The van der Waals surface area contributed by atoms with Crippen molar-refractivity contribution in [1.29, 1.82) is 0 Å². The second kappa shape index (κ2) is 8.04. The largest absolute Gasteiger partial charge is 0.416 e. The second-order valence-corrected chi connectivity index (χ2v) is 7.32. The summed E-state index contributed by atoms with van der Waals surface area (Å²) in [6.07, 6.45) is -4.48. The second-order valence-electron chi connectivity index (χ2n) is 7.32. The number of nitrogens with one attached hydrogen (secondary N) is 3. The Morgan fingerprint density at radius 3 is 2.36 bits per heavy atom. The van der Waals surface area contributed by atoms with Gasteiger partial charge in [0.2, 0.25) is 0 Å². The molecular weight excluding hydrogens is 443 g/mol. The lowest BCUT2D eigenvalue weighted by atomic mass is 9.93. The molecule has 1 saturated heterocycles. The molecule has 12 heteroatoms. The number of hydrogen-bond donors (Lipinski definition) is 3. The monoisotopic (exact) mass is 459 g/mol. The molecule has 9 nitrogen and oxygen atoms in total. The summed E-state index contributed by atoms with van der Waals surface area (Å²) in [7, 11) is 0. The first-order valence-electron chi connectivity index (χ1n) is 9.60. The molecule has 1 aromatic heterocycles. The van der Waals surface area contributed by atoms with Gasteiger partial charge in [0.1, 0.15) is 11.4 Å². The van der Waals surface area contributed by atoms with Crippen LogP contribution < -0.4 is 16.0 Å². The Morgan fingerprint density at radius 1 is 1.09 bits per heavy atom. The summed E-state index contributed by atoms with van der Waals surface area (Å²) in [6, 6.07) is 9.93. The van der Waals surface area contributed by atoms with Crippen molar-refractivity contribution in [2.75, 3.05) is 6.54 Å². The lowest BCUT2D eigenvalue weighted by Gasteiger charge is -2.24. The smallest absolute Gasteiger partial charge is 0.349 e. The summed E-state index contributed by atoms with van der Waals surface area (Å²) < 4.78 is 43.3. The minimum Gasteiger partial charge on any atom is -0.349 e. The van der Waals surface area contributed by atoms with Gasteiger partial charge >= 0.3 is 12.2 Å². The highest BCUT2D eigenvalue weighted by atomic mass is 19.4. The van der Waals surface area contributed by atoms with Gasteiger partial charge in [-0.1, -0.05) is 40.6 Å². The third kappa shape index (κ3) is 4.02. The molecule has 0 bridgehead atoms. The first-order chi connectivity index (χ1) is 15.6. The van der Waals surface area contributed by atoms with Crippen molar-refractivity contribution in [3.8, 4) is 11.1 Å². The van der Waals surface area contributed by atoms with E-state index < -0.39 is 35.1 Å². The van der Waals surface area contributed by atoms with Gasteiger partial charge in [-0.3, -0.25) is 14.9 Å². The van der Waals surface area contributed by atoms with E-state index in [2.05, 4.69) is 30.9 Å². The molecule has 33 heavy (non-hydrogen) atoms. The zero-order valence-corrected chi connectivity index (χ0v) is 17.0. The summed E-state index contributed by atoms with van der Waals surface area (Å²) >= 11 is 0. The Hall–Kier alpha value is -4.22. The van der Waals surface area contributed by atoms with E-state index in [4.69, 9.17) is 0 Å². The van der Waals surface area contributed by atoms with Gasteiger partial charge in [-0.15, -0.1) is 0 Å². The van der Waals surface area contributed by atoms with Crippen molar-refractivity contribution in [2.45, 2.75) is 18.6 Å². The van der Waals surface area contributed by atoms with Crippen LogP contribution in [0.25, 0.3) is 11.1 Å². The molecule has 4 amide bonds. The molecule has 1 aliphatic heterocycles. The molecule has 0 radical (unpaired) electrons. The van der Waals surface area contributed by atoms with Crippen molar-refractivity contribution < 1.29 is 32.2 Å². The van der Waals surface area contributed by atoms with Gasteiger partial charge in [0.25, 0.3) is 11.8 Å². The number of amides is 4.